The number of aryl methyl sites for hydroxylation is 1. The third-order valence-corrected chi connectivity index (χ3v) is 2.76. The third-order valence-electron chi connectivity index (χ3n) is 2.76. The molecule has 0 aliphatic heterocycles. The Morgan fingerprint density at radius 1 is 1.44 bits per heavy atom. The lowest BCUT2D eigenvalue weighted by Gasteiger charge is -2.22. The van der Waals surface area contributed by atoms with Crippen molar-refractivity contribution in [3.05, 3.63) is 29.6 Å². The Bertz CT molecular complexity index is 404. The second-order valence-corrected chi connectivity index (χ2v) is 5.20. The van der Waals surface area contributed by atoms with E-state index in [-0.39, 0.29) is 5.91 Å². The fraction of sp³-hybridized carbons (Fsp3) is 0.571. The second kappa shape index (κ2) is 6.50. The van der Waals surface area contributed by atoms with Crippen molar-refractivity contribution in [1.82, 2.24) is 9.88 Å². The molecule has 4 nitrogen and oxygen atoms in total. The van der Waals surface area contributed by atoms with E-state index in [2.05, 4.69) is 18.8 Å². The van der Waals surface area contributed by atoms with Crippen LogP contribution in [-0.2, 0) is 11.3 Å². The number of likely N-dealkylation sites (N-methyl/N-ethyl adjacent to an activating group) is 1. The summed E-state index contributed by atoms with van der Waals surface area (Å²) in [6, 6.07) is 5.39. The van der Waals surface area contributed by atoms with Crippen molar-refractivity contribution in [2.24, 2.45) is 11.7 Å². The Hall–Kier alpha value is -1.42. The van der Waals surface area contributed by atoms with E-state index in [0.717, 1.165) is 11.4 Å². The number of hydrogen-bond donors (Lipinski definition) is 1. The first-order chi connectivity index (χ1) is 8.40. The molecule has 0 saturated carbocycles. The number of nitrogens with two attached hydrogens (primary N) is 1. The Kier molecular flexibility index (Phi) is 5.28. The third kappa shape index (κ3) is 4.45. The highest BCUT2D eigenvalue weighted by Crippen LogP contribution is 2.07. The molecule has 1 atom stereocenters. The summed E-state index contributed by atoms with van der Waals surface area (Å²) in [7, 11) is 1.77. The molecule has 0 aromatic carbocycles. The summed E-state index contributed by atoms with van der Waals surface area (Å²) in [6.45, 7) is 6.58. The van der Waals surface area contributed by atoms with Gasteiger partial charge < -0.3 is 10.6 Å². The molecule has 1 rings (SSSR count). The second-order valence-electron chi connectivity index (χ2n) is 5.20. The Morgan fingerprint density at radius 2 is 2.11 bits per heavy atom. The highest BCUT2D eigenvalue weighted by molar-refractivity contribution is 5.81. The van der Waals surface area contributed by atoms with E-state index in [0.29, 0.717) is 18.9 Å². The van der Waals surface area contributed by atoms with Gasteiger partial charge in [0, 0.05) is 12.7 Å². The van der Waals surface area contributed by atoms with Gasteiger partial charge in [-0.3, -0.25) is 9.78 Å². The van der Waals surface area contributed by atoms with E-state index >= 15 is 0 Å². The molecule has 18 heavy (non-hydrogen) atoms. The molecular formula is C14H23N3O. The average molecular weight is 249 g/mol. The van der Waals surface area contributed by atoms with Crippen molar-refractivity contribution in [3.63, 3.8) is 0 Å². The minimum absolute atomic E-state index is 0.0213. The van der Waals surface area contributed by atoms with Gasteiger partial charge in [0.15, 0.2) is 0 Å². The van der Waals surface area contributed by atoms with Crippen molar-refractivity contribution >= 4 is 5.91 Å². The summed E-state index contributed by atoms with van der Waals surface area (Å²) in [4.78, 5) is 18.1. The molecule has 1 aromatic rings. The predicted octanol–water partition coefficient (Wildman–Crippen LogP) is 1.72. The summed E-state index contributed by atoms with van der Waals surface area (Å²) in [5.74, 6) is 0.404. The summed E-state index contributed by atoms with van der Waals surface area (Å²) in [5, 5.41) is 0. The lowest BCUT2D eigenvalue weighted by molar-refractivity contribution is -0.132. The maximum absolute atomic E-state index is 12.0. The van der Waals surface area contributed by atoms with Gasteiger partial charge in [-0.2, -0.15) is 0 Å². The molecule has 0 radical (unpaired) electrons. The van der Waals surface area contributed by atoms with Crippen LogP contribution in [0.3, 0.4) is 0 Å². The van der Waals surface area contributed by atoms with Crippen LogP contribution in [0, 0.1) is 12.8 Å². The van der Waals surface area contributed by atoms with Crippen LogP contribution in [0.1, 0.15) is 31.7 Å². The monoisotopic (exact) mass is 249 g/mol. The average Bonchev–Trinajstić information content (AvgIpc) is 2.27. The molecule has 0 fully saturated rings. The number of rotatable bonds is 5. The number of amides is 1. The maximum Gasteiger partial charge on any atom is 0.239 e. The van der Waals surface area contributed by atoms with Gasteiger partial charge in [0.2, 0.25) is 5.91 Å². The van der Waals surface area contributed by atoms with Crippen molar-refractivity contribution in [3.8, 4) is 0 Å². The Balaban J connectivity index is 2.59. The lowest BCUT2D eigenvalue weighted by atomic mass is 10.0. The number of carbonyl (C=O) groups is 1. The number of nitrogens with zero attached hydrogens (tertiary/aromatic N) is 2. The van der Waals surface area contributed by atoms with Gasteiger partial charge in [0.25, 0.3) is 0 Å². The standard InChI is InChI=1S/C14H23N3O/c1-10(2)8-13(15)14(18)17(4)9-12-7-5-6-11(3)16-12/h5-7,10,13H,8-9,15H2,1-4H3. The van der Waals surface area contributed by atoms with E-state index in [1.807, 2.05) is 25.1 Å². The molecule has 1 heterocycles. The molecule has 1 unspecified atom stereocenters. The normalized spacial score (nSPS) is 12.6. The topological polar surface area (TPSA) is 59.2 Å². The van der Waals surface area contributed by atoms with Crippen molar-refractivity contribution in [1.29, 1.82) is 0 Å². The zero-order chi connectivity index (χ0) is 13.7. The van der Waals surface area contributed by atoms with Gasteiger partial charge in [0.1, 0.15) is 0 Å². The fourth-order valence-corrected chi connectivity index (χ4v) is 1.90. The fourth-order valence-electron chi connectivity index (χ4n) is 1.90. The van der Waals surface area contributed by atoms with Gasteiger partial charge in [-0.05, 0) is 31.4 Å². The first kappa shape index (κ1) is 14.6. The molecule has 1 amide bonds. The first-order valence-electron chi connectivity index (χ1n) is 6.33. The van der Waals surface area contributed by atoms with E-state index in [1.165, 1.54) is 0 Å². The molecule has 2 N–H and O–H groups in total. The van der Waals surface area contributed by atoms with Gasteiger partial charge in [-0.15, -0.1) is 0 Å². The summed E-state index contributed by atoms with van der Waals surface area (Å²) in [5.41, 5.74) is 7.74. The molecule has 0 bridgehead atoms. The lowest BCUT2D eigenvalue weighted by Crippen LogP contribution is -2.42. The first-order valence-corrected chi connectivity index (χ1v) is 6.33. The summed E-state index contributed by atoms with van der Waals surface area (Å²) >= 11 is 0. The van der Waals surface area contributed by atoms with Gasteiger partial charge >= 0.3 is 0 Å². The summed E-state index contributed by atoms with van der Waals surface area (Å²) in [6.07, 6.45) is 0.713. The van der Waals surface area contributed by atoms with Gasteiger partial charge in [-0.1, -0.05) is 19.9 Å². The quantitative estimate of drug-likeness (QED) is 0.864. The van der Waals surface area contributed by atoms with E-state index in [4.69, 9.17) is 5.73 Å². The SMILES string of the molecule is Cc1cccc(CN(C)C(=O)C(N)CC(C)C)n1. The Labute approximate surface area is 109 Å². The summed E-state index contributed by atoms with van der Waals surface area (Å²) < 4.78 is 0. The smallest absolute Gasteiger partial charge is 0.239 e. The van der Waals surface area contributed by atoms with E-state index in [1.54, 1.807) is 11.9 Å². The minimum atomic E-state index is -0.417. The number of pyridine rings is 1. The van der Waals surface area contributed by atoms with Crippen LogP contribution in [0.5, 0.6) is 0 Å². The zero-order valence-corrected chi connectivity index (χ0v) is 11.7. The number of carbonyl (C=O) groups excluding carboxylic acids is 1. The van der Waals surface area contributed by atoms with Crippen LogP contribution >= 0.6 is 0 Å². The van der Waals surface area contributed by atoms with Crippen LogP contribution in [0.15, 0.2) is 18.2 Å². The van der Waals surface area contributed by atoms with Crippen molar-refractivity contribution < 1.29 is 4.79 Å². The molecule has 0 aliphatic carbocycles. The van der Waals surface area contributed by atoms with Gasteiger partial charge in [0.05, 0.1) is 18.3 Å². The molecule has 0 aliphatic rings. The highest BCUT2D eigenvalue weighted by atomic mass is 16.2. The van der Waals surface area contributed by atoms with Crippen LogP contribution in [0.25, 0.3) is 0 Å². The van der Waals surface area contributed by atoms with E-state index in [9.17, 15) is 4.79 Å². The largest absolute Gasteiger partial charge is 0.339 e. The number of hydrogen-bond acceptors (Lipinski definition) is 3. The molecule has 100 valence electrons. The predicted molar refractivity (Wildman–Crippen MR) is 72.9 cm³/mol. The van der Waals surface area contributed by atoms with Crippen LogP contribution in [0.4, 0.5) is 0 Å². The minimum Gasteiger partial charge on any atom is -0.339 e. The van der Waals surface area contributed by atoms with Crippen LogP contribution in [0.2, 0.25) is 0 Å². The molecule has 0 saturated heterocycles. The van der Waals surface area contributed by atoms with Crippen LogP contribution in [-0.4, -0.2) is 28.9 Å². The molecule has 4 heteroatoms. The molecular weight excluding hydrogens is 226 g/mol. The maximum atomic E-state index is 12.0. The number of aromatic nitrogens is 1. The van der Waals surface area contributed by atoms with Gasteiger partial charge in [-0.25, -0.2) is 0 Å². The highest BCUT2D eigenvalue weighted by Gasteiger charge is 2.19. The van der Waals surface area contributed by atoms with E-state index < -0.39 is 6.04 Å². The zero-order valence-electron chi connectivity index (χ0n) is 11.7. The molecule has 1 aromatic heterocycles. The van der Waals surface area contributed by atoms with Crippen LogP contribution < -0.4 is 5.73 Å². The van der Waals surface area contributed by atoms with Crippen molar-refractivity contribution in [2.75, 3.05) is 7.05 Å². The Morgan fingerprint density at radius 3 is 2.67 bits per heavy atom. The molecule has 0 spiro atoms. The van der Waals surface area contributed by atoms with Crippen molar-refractivity contribution in [2.45, 2.75) is 39.8 Å².